The summed E-state index contributed by atoms with van der Waals surface area (Å²) in [5.41, 5.74) is 7.13. The van der Waals surface area contributed by atoms with Gasteiger partial charge < -0.3 is 34.3 Å². The van der Waals surface area contributed by atoms with E-state index in [0.29, 0.717) is 30.9 Å². The summed E-state index contributed by atoms with van der Waals surface area (Å²) in [6.07, 6.45) is 11.3. The van der Waals surface area contributed by atoms with Gasteiger partial charge in [0.15, 0.2) is 0 Å². The SMILES string of the molecule is O=C(O)Cc1ccc(OCCCN2CCC(c3c[nH]c4ccccc34)CC2)cc1.c1cc(OCCCN2CCC(c3c[nH]c4ccccc34)CC2)cc(-c2nn[nH]n2)c1. The number of carboxylic acids is 1. The fraction of sp³-hybridized carbons (Fsp3) is 0.362. The van der Waals surface area contributed by atoms with Gasteiger partial charge in [0.05, 0.1) is 19.6 Å². The summed E-state index contributed by atoms with van der Waals surface area (Å²) in [6, 6.07) is 32.4. The summed E-state index contributed by atoms with van der Waals surface area (Å²) in [4.78, 5) is 22.6. The van der Waals surface area contributed by atoms with Crippen molar-refractivity contribution in [3.05, 3.63) is 126 Å². The zero-order valence-electron chi connectivity index (χ0n) is 33.6. The van der Waals surface area contributed by atoms with E-state index in [9.17, 15) is 4.79 Å². The minimum absolute atomic E-state index is 0.0504. The summed E-state index contributed by atoms with van der Waals surface area (Å²) in [6.45, 7) is 8.08. The lowest BCUT2D eigenvalue weighted by atomic mass is 9.89. The molecule has 0 aliphatic carbocycles. The Morgan fingerprint density at radius 2 is 1.24 bits per heavy atom. The number of hydrogen-bond donors (Lipinski definition) is 4. The molecule has 0 bridgehead atoms. The van der Waals surface area contributed by atoms with E-state index in [-0.39, 0.29) is 6.42 Å². The highest BCUT2D eigenvalue weighted by Gasteiger charge is 2.24. The number of nitrogens with zero attached hydrogens (tertiary/aromatic N) is 5. The van der Waals surface area contributed by atoms with Crippen molar-refractivity contribution in [1.29, 1.82) is 0 Å². The van der Waals surface area contributed by atoms with Crippen molar-refractivity contribution in [2.24, 2.45) is 0 Å². The lowest BCUT2D eigenvalue weighted by molar-refractivity contribution is -0.136. The molecule has 306 valence electrons. The van der Waals surface area contributed by atoms with Crippen molar-refractivity contribution < 1.29 is 19.4 Å². The van der Waals surface area contributed by atoms with Crippen LogP contribution in [0.4, 0.5) is 0 Å². The number of hydrogen-bond acceptors (Lipinski definition) is 8. The lowest BCUT2D eigenvalue weighted by Gasteiger charge is -2.31. The van der Waals surface area contributed by atoms with Gasteiger partial charge in [-0.3, -0.25) is 4.79 Å². The first-order valence-corrected chi connectivity index (χ1v) is 21.0. The Morgan fingerprint density at radius 3 is 1.78 bits per heavy atom. The van der Waals surface area contributed by atoms with E-state index in [4.69, 9.17) is 14.6 Å². The molecule has 4 N–H and O–H groups in total. The molecule has 0 amide bonds. The number of likely N-dealkylation sites (tertiary alicyclic amines) is 2. The number of piperidine rings is 2. The predicted molar refractivity (Wildman–Crippen MR) is 231 cm³/mol. The number of para-hydroxylation sites is 2. The molecule has 2 aliphatic heterocycles. The number of benzene rings is 4. The average Bonchev–Trinajstić information content (AvgIpc) is 4.07. The van der Waals surface area contributed by atoms with E-state index in [1.807, 2.05) is 48.5 Å². The van der Waals surface area contributed by atoms with Gasteiger partial charge in [0.1, 0.15) is 11.5 Å². The second kappa shape index (κ2) is 19.6. The Balaban J connectivity index is 0.000000164. The third-order valence-electron chi connectivity index (χ3n) is 11.8. The zero-order valence-corrected chi connectivity index (χ0v) is 33.6. The maximum atomic E-state index is 10.7. The van der Waals surface area contributed by atoms with E-state index in [0.717, 1.165) is 74.7 Å². The van der Waals surface area contributed by atoms with Crippen LogP contribution >= 0.6 is 0 Å². The van der Waals surface area contributed by atoms with Gasteiger partial charge in [0, 0.05) is 52.9 Å². The molecule has 4 aromatic carbocycles. The fourth-order valence-corrected chi connectivity index (χ4v) is 8.64. The first-order valence-electron chi connectivity index (χ1n) is 21.0. The first kappa shape index (κ1) is 39.8. The maximum absolute atomic E-state index is 10.7. The van der Waals surface area contributed by atoms with Crippen molar-refractivity contribution >= 4 is 27.8 Å². The average molecular weight is 795 g/mol. The monoisotopic (exact) mass is 794 g/mol. The Kier molecular flexibility index (Phi) is 13.3. The largest absolute Gasteiger partial charge is 0.494 e. The van der Waals surface area contributed by atoms with Crippen molar-refractivity contribution in [1.82, 2.24) is 40.4 Å². The van der Waals surface area contributed by atoms with Crippen LogP contribution in [0.25, 0.3) is 33.2 Å². The van der Waals surface area contributed by atoms with Crippen LogP contribution in [0.2, 0.25) is 0 Å². The number of H-pyrrole nitrogens is 3. The van der Waals surface area contributed by atoms with Gasteiger partial charge in [-0.2, -0.15) is 5.21 Å². The second-order valence-corrected chi connectivity index (χ2v) is 15.7. The number of carbonyl (C=O) groups is 1. The minimum atomic E-state index is -0.813. The highest BCUT2D eigenvalue weighted by Crippen LogP contribution is 2.34. The molecule has 3 aromatic heterocycles. The topological polar surface area (TPSA) is 148 Å². The molecule has 2 saturated heterocycles. The molecule has 9 rings (SSSR count). The highest BCUT2D eigenvalue weighted by atomic mass is 16.5. The Bertz CT molecular complexity index is 2360. The molecular formula is C47H54N8O4. The summed E-state index contributed by atoms with van der Waals surface area (Å²) in [5, 5.41) is 25.7. The van der Waals surface area contributed by atoms with E-state index in [1.165, 1.54) is 58.6 Å². The summed E-state index contributed by atoms with van der Waals surface area (Å²) < 4.78 is 11.8. The van der Waals surface area contributed by atoms with Crippen LogP contribution in [-0.4, -0.2) is 104 Å². The van der Waals surface area contributed by atoms with E-state index >= 15 is 0 Å². The molecule has 0 radical (unpaired) electrons. The molecule has 0 atom stereocenters. The molecule has 2 fully saturated rings. The quantitative estimate of drug-likeness (QED) is 0.0751. The molecule has 5 heterocycles. The number of fused-ring (bicyclic) bond motifs is 2. The molecule has 12 nitrogen and oxygen atoms in total. The van der Waals surface area contributed by atoms with Crippen LogP contribution < -0.4 is 9.47 Å². The van der Waals surface area contributed by atoms with Gasteiger partial charge >= 0.3 is 5.97 Å². The van der Waals surface area contributed by atoms with Crippen LogP contribution in [0.3, 0.4) is 0 Å². The second-order valence-electron chi connectivity index (χ2n) is 15.7. The van der Waals surface area contributed by atoms with Crippen LogP contribution in [0.1, 0.15) is 67.1 Å². The van der Waals surface area contributed by atoms with E-state index in [1.54, 1.807) is 0 Å². The summed E-state index contributed by atoms with van der Waals surface area (Å²) in [5.74, 6) is 2.71. The first-order chi connectivity index (χ1) is 29.1. The maximum Gasteiger partial charge on any atom is 0.307 e. The van der Waals surface area contributed by atoms with Crippen LogP contribution in [0.15, 0.2) is 109 Å². The van der Waals surface area contributed by atoms with Crippen molar-refractivity contribution in [2.75, 3.05) is 52.5 Å². The number of aromatic amines is 3. The van der Waals surface area contributed by atoms with Gasteiger partial charge in [0.2, 0.25) is 5.82 Å². The number of aliphatic carboxylic acids is 1. The van der Waals surface area contributed by atoms with Crippen LogP contribution in [-0.2, 0) is 11.2 Å². The van der Waals surface area contributed by atoms with Gasteiger partial charge in [0.25, 0.3) is 0 Å². The number of nitrogens with one attached hydrogen (secondary N) is 3. The standard InChI is InChI=1S/C24H28N2O3.C23H26N6O/c27-24(28)16-18-6-8-20(9-7-18)29-15-3-12-26-13-10-19(11-14-26)22-17-25-23-5-2-1-4-21(22)23;1-2-8-22-20(7-1)21(16-24-22)17-9-12-29(13-10-17)11-4-14-30-19-6-3-5-18(15-19)23-25-27-28-26-23/h1-2,4-9,17,19,25H,3,10-16H2,(H,27,28);1-3,5-8,15-17,24H,4,9-14H2,(H,25,26,27,28). The number of ether oxygens (including phenoxy) is 2. The van der Waals surface area contributed by atoms with Crippen molar-refractivity contribution in [3.8, 4) is 22.9 Å². The van der Waals surface area contributed by atoms with Gasteiger partial charge in [-0.1, -0.05) is 60.7 Å². The number of aromatic nitrogens is 6. The van der Waals surface area contributed by atoms with E-state index < -0.39 is 5.97 Å². The highest BCUT2D eigenvalue weighted by molar-refractivity contribution is 5.84. The molecule has 0 spiro atoms. The van der Waals surface area contributed by atoms with Gasteiger partial charge in [-0.25, -0.2) is 0 Å². The fourth-order valence-electron chi connectivity index (χ4n) is 8.64. The van der Waals surface area contributed by atoms with Gasteiger partial charge in [-0.05, 0) is 135 Å². The predicted octanol–water partition coefficient (Wildman–Crippen LogP) is 8.44. The summed E-state index contributed by atoms with van der Waals surface area (Å²) >= 11 is 0. The zero-order chi connectivity index (χ0) is 40.2. The number of rotatable bonds is 15. The molecule has 0 saturated carbocycles. The molecule has 2 aliphatic rings. The van der Waals surface area contributed by atoms with Crippen molar-refractivity contribution in [2.45, 2.75) is 56.8 Å². The third kappa shape index (κ3) is 10.6. The molecule has 7 aromatic rings. The smallest absolute Gasteiger partial charge is 0.307 e. The van der Waals surface area contributed by atoms with Crippen LogP contribution in [0.5, 0.6) is 11.5 Å². The molecular weight excluding hydrogens is 741 g/mol. The Labute approximate surface area is 344 Å². The Hall–Kier alpha value is -5.98. The van der Waals surface area contributed by atoms with Crippen LogP contribution in [0, 0.1) is 0 Å². The molecule has 12 heteroatoms. The lowest BCUT2D eigenvalue weighted by Crippen LogP contribution is -2.34. The minimum Gasteiger partial charge on any atom is -0.494 e. The molecule has 59 heavy (non-hydrogen) atoms. The van der Waals surface area contributed by atoms with Crippen molar-refractivity contribution in [3.63, 3.8) is 0 Å². The number of tetrazole rings is 1. The Morgan fingerprint density at radius 1 is 0.678 bits per heavy atom. The third-order valence-corrected chi connectivity index (χ3v) is 11.8. The normalized spacial score (nSPS) is 15.6. The molecule has 0 unspecified atom stereocenters. The van der Waals surface area contributed by atoms with Gasteiger partial charge in [-0.15, -0.1) is 10.2 Å². The number of carboxylic acid groups (broad SMARTS) is 1. The van der Waals surface area contributed by atoms with E-state index in [2.05, 4.69) is 101 Å². The summed E-state index contributed by atoms with van der Waals surface area (Å²) in [7, 11) is 0.